The predicted molar refractivity (Wildman–Crippen MR) is 83.0 cm³/mol. The molecule has 0 bridgehead atoms. The molecule has 19 heavy (non-hydrogen) atoms. The largest absolute Gasteiger partial charge is 0.313 e. The van der Waals surface area contributed by atoms with Crippen LogP contribution in [0, 0.1) is 0 Å². The van der Waals surface area contributed by atoms with Crippen LogP contribution in [0.5, 0.6) is 0 Å². The fourth-order valence-corrected chi connectivity index (χ4v) is 3.04. The third-order valence-corrected chi connectivity index (χ3v) is 4.24. The van der Waals surface area contributed by atoms with Gasteiger partial charge >= 0.3 is 0 Å². The van der Waals surface area contributed by atoms with Crippen molar-refractivity contribution in [1.29, 1.82) is 0 Å². The Bertz CT molecular complexity index is 421. The molecule has 1 aromatic rings. The van der Waals surface area contributed by atoms with Crippen molar-refractivity contribution >= 4 is 23.2 Å². The first-order valence-electron chi connectivity index (χ1n) is 6.97. The van der Waals surface area contributed by atoms with E-state index in [1.807, 2.05) is 18.2 Å². The molecule has 1 aliphatic heterocycles. The van der Waals surface area contributed by atoms with E-state index < -0.39 is 0 Å². The summed E-state index contributed by atoms with van der Waals surface area (Å²) in [6, 6.07) is 6.95. The van der Waals surface area contributed by atoms with Gasteiger partial charge in [0.05, 0.1) is 0 Å². The molecule has 0 aromatic heterocycles. The van der Waals surface area contributed by atoms with Crippen molar-refractivity contribution in [2.75, 3.05) is 13.1 Å². The second-order valence-electron chi connectivity index (χ2n) is 5.57. The highest BCUT2D eigenvalue weighted by molar-refractivity contribution is 6.35. The zero-order valence-corrected chi connectivity index (χ0v) is 13.1. The maximum absolute atomic E-state index is 6.26. The van der Waals surface area contributed by atoms with Crippen molar-refractivity contribution in [3.63, 3.8) is 0 Å². The second kappa shape index (κ2) is 6.94. The van der Waals surface area contributed by atoms with E-state index in [0.29, 0.717) is 17.1 Å². The summed E-state index contributed by atoms with van der Waals surface area (Å²) in [5, 5.41) is 5.01. The molecule has 1 heterocycles. The summed E-state index contributed by atoms with van der Waals surface area (Å²) in [6.45, 7) is 7.51. The van der Waals surface area contributed by atoms with Crippen LogP contribution >= 0.6 is 23.2 Å². The number of halogens is 2. The van der Waals surface area contributed by atoms with Crippen LogP contribution in [0.4, 0.5) is 0 Å². The average molecular weight is 301 g/mol. The summed E-state index contributed by atoms with van der Waals surface area (Å²) >= 11 is 12.2. The van der Waals surface area contributed by atoms with E-state index in [1.165, 1.54) is 18.4 Å². The molecule has 1 atom stereocenters. The van der Waals surface area contributed by atoms with Gasteiger partial charge in [-0.1, -0.05) is 43.1 Å². The fourth-order valence-electron chi connectivity index (χ4n) is 2.57. The smallest absolute Gasteiger partial charge is 0.0465 e. The maximum Gasteiger partial charge on any atom is 0.0465 e. The van der Waals surface area contributed by atoms with Gasteiger partial charge in [-0.15, -0.1) is 0 Å². The summed E-state index contributed by atoms with van der Waals surface area (Å²) in [7, 11) is 0. The summed E-state index contributed by atoms with van der Waals surface area (Å²) in [5.74, 6) is 0. The molecule has 0 aliphatic carbocycles. The first-order valence-corrected chi connectivity index (χ1v) is 7.73. The Kier molecular flexibility index (Phi) is 5.52. The minimum atomic E-state index is 0.543. The topological polar surface area (TPSA) is 15.3 Å². The van der Waals surface area contributed by atoms with Crippen molar-refractivity contribution in [3.8, 4) is 0 Å². The van der Waals surface area contributed by atoms with Gasteiger partial charge < -0.3 is 5.32 Å². The molecular weight excluding hydrogens is 279 g/mol. The van der Waals surface area contributed by atoms with Gasteiger partial charge in [0.1, 0.15) is 0 Å². The standard InChI is InChI=1S/C15H22Cl2N2/c1-11(2)18-9-14-4-3-7-19(14)10-12-5-6-13(16)8-15(12)17/h5-6,8,11,14,18H,3-4,7,9-10H2,1-2H3. The Balaban J connectivity index is 1.97. The molecule has 0 saturated carbocycles. The molecule has 2 rings (SSSR count). The second-order valence-corrected chi connectivity index (χ2v) is 6.41. The van der Waals surface area contributed by atoms with Crippen molar-refractivity contribution in [1.82, 2.24) is 10.2 Å². The van der Waals surface area contributed by atoms with Crippen LogP contribution in [0.25, 0.3) is 0 Å². The Hall–Kier alpha value is -0.280. The van der Waals surface area contributed by atoms with E-state index in [2.05, 4.69) is 24.1 Å². The zero-order chi connectivity index (χ0) is 13.8. The third kappa shape index (κ3) is 4.35. The first-order chi connectivity index (χ1) is 9.06. The minimum absolute atomic E-state index is 0.543. The van der Waals surface area contributed by atoms with Gasteiger partial charge in [-0.2, -0.15) is 0 Å². The normalized spacial score (nSPS) is 20.4. The van der Waals surface area contributed by atoms with Gasteiger partial charge in [-0.3, -0.25) is 4.90 Å². The molecule has 1 saturated heterocycles. The van der Waals surface area contributed by atoms with Gasteiger partial charge in [-0.05, 0) is 37.1 Å². The van der Waals surface area contributed by atoms with E-state index in [0.717, 1.165) is 24.7 Å². The van der Waals surface area contributed by atoms with Crippen LogP contribution in [0.3, 0.4) is 0 Å². The summed E-state index contributed by atoms with van der Waals surface area (Å²) < 4.78 is 0. The van der Waals surface area contributed by atoms with Crippen LogP contribution < -0.4 is 5.32 Å². The van der Waals surface area contributed by atoms with Gasteiger partial charge in [0.25, 0.3) is 0 Å². The Morgan fingerprint density at radius 2 is 2.16 bits per heavy atom. The summed E-state index contributed by atoms with van der Waals surface area (Å²) in [4.78, 5) is 2.52. The summed E-state index contributed by atoms with van der Waals surface area (Å²) in [6.07, 6.45) is 2.54. The summed E-state index contributed by atoms with van der Waals surface area (Å²) in [5.41, 5.74) is 1.17. The first kappa shape index (κ1) is 15.1. The molecule has 1 aromatic carbocycles. The van der Waals surface area contributed by atoms with Gasteiger partial charge in [0.15, 0.2) is 0 Å². The lowest BCUT2D eigenvalue weighted by Gasteiger charge is -2.26. The average Bonchev–Trinajstić information content (AvgIpc) is 2.77. The Morgan fingerprint density at radius 3 is 2.84 bits per heavy atom. The number of benzene rings is 1. The molecule has 0 amide bonds. The number of hydrogen-bond acceptors (Lipinski definition) is 2. The quantitative estimate of drug-likeness (QED) is 0.885. The minimum Gasteiger partial charge on any atom is -0.313 e. The molecular formula is C15H22Cl2N2. The van der Waals surface area contributed by atoms with Crippen molar-refractivity contribution in [2.24, 2.45) is 0 Å². The molecule has 1 unspecified atom stereocenters. The zero-order valence-electron chi connectivity index (χ0n) is 11.6. The molecule has 0 radical (unpaired) electrons. The maximum atomic E-state index is 6.26. The molecule has 4 heteroatoms. The lowest BCUT2D eigenvalue weighted by molar-refractivity contribution is 0.236. The number of likely N-dealkylation sites (tertiary alicyclic amines) is 1. The van der Waals surface area contributed by atoms with Crippen molar-refractivity contribution < 1.29 is 0 Å². The molecule has 0 spiro atoms. The van der Waals surface area contributed by atoms with E-state index in [1.54, 1.807) is 0 Å². The highest BCUT2D eigenvalue weighted by atomic mass is 35.5. The lowest BCUT2D eigenvalue weighted by Crippen LogP contribution is -2.39. The molecule has 2 nitrogen and oxygen atoms in total. The highest BCUT2D eigenvalue weighted by Gasteiger charge is 2.24. The Morgan fingerprint density at radius 1 is 1.37 bits per heavy atom. The molecule has 106 valence electrons. The van der Waals surface area contributed by atoms with Gasteiger partial charge in [-0.25, -0.2) is 0 Å². The predicted octanol–water partition coefficient (Wildman–Crippen LogP) is 3.96. The van der Waals surface area contributed by atoms with Crippen LogP contribution in [-0.4, -0.2) is 30.1 Å². The van der Waals surface area contributed by atoms with Gasteiger partial charge in [0, 0.05) is 35.2 Å². The van der Waals surface area contributed by atoms with E-state index in [9.17, 15) is 0 Å². The van der Waals surface area contributed by atoms with Crippen LogP contribution in [0.2, 0.25) is 10.0 Å². The molecule has 1 fully saturated rings. The van der Waals surface area contributed by atoms with Gasteiger partial charge in [0.2, 0.25) is 0 Å². The number of rotatable bonds is 5. The van der Waals surface area contributed by atoms with Crippen molar-refractivity contribution in [2.45, 2.75) is 45.3 Å². The highest BCUT2D eigenvalue weighted by Crippen LogP contribution is 2.25. The van der Waals surface area contributed by atoms with Crippen LogP contribution in [0.1, 0.15) is 32.3 Å². The van der Waals surface area contributed by atoms with E-state index in [-0.39, 0.29) is 0 Å². The van der Waals surface area contributed by atoms with Crippen LogP contribution in [-0.2, 0) is 6.54 Å². The number of nitrogens with zero attached hydrogens (tertiary/aromatic N) is 1. The van der Waals surface area contributed by atoms with E-state index >= 15 is 0 Å². The fraction of sp³-hybridized carbons (Fsp3) is 0.600. The number of hydrogen-bond donors (Lipinski definition) is 1. The van der Waals surface area contributed by atoms with Crippen molar-refractivity contribution in [3.05, 3.63) is 33.8 Å². The third-order valence-electron chi connectivity index (χ3n) is 3.65. The monoisotopic (exact) mass is 300 g/mol. The van der Waals surface area contributed by atoms with E-state index in [4.69, 9.17) is 23.2 Å². The lowest BCUT2D eigenvalue weighted by atomic mass is 10.1. The molecule has 1 N–H and O–H groups in total. The Labute approximate surface area is 126 Å². The molecule has 1 aliphatic rings. The SMILES string of the molecule is CC(C)NCC1CCCN1Cc1ccc(Cl)cc1Cl. The number of nitrogens with one attached hydrogen (secondary N) is 1. The van der Waals surface area contributed by atoms with Crippen LogP contribution in [0.15, 0.2) is 18.2 Å².